The molecule has 0 aromatic heterocycles. The minimum Gasteiger partial charge on any atom is -0.375 e. The van der Waals surface area contributed by atoms with Crippen LogP contribution in [-0.2, 0) is 9.47 Å². The number of piperidine rings is 2. The fourth-order valence-electron chi connectivity index (χ4n) is 5.57. The van der Waals surface area contributed by atoms with E-state index >= 15 is 0 Å². The lowest BCUT2D eigenvalue weighted by molar-refractivity contribution is -0.0818. The van der Waals surface area contributed by atoms with Gasteiger partial charge in [0.15, 0.2) is 5.96 Å². The first kappa shape index (κ1) is 21.3. The molecule has 1 N–H and O–H groups in total. The van der Waals surface area contributed by atoms with Gasteiger partial charge in [0.05, 0.1) is 12.7 Å². The average Bonchev–Trinajstić information content (AvgIpc) is 3.32. The number of aliphatic imine (C=N–C) groups is 1. The first-order valence-corrected chi connectivity index (χ1v) is 11.8. The molecule has 0 amide bonds. The average molecular weight is 408 g/mol. The predicted molar refractivity (Wildman–Crippen MR) is 117 cm³/mol. The maximum Gasteiger partial charge on any atom is 0.193 e. The SMILES string of the molecule is CN=C(NCC1(N2CCCCC2)CCN(C)CC1)N1CCOC(C2CCCO2)C1. The molecule has 2 atom stereocenters. The molecule has 0 aromatic carbocycles. The zero-order valence-electron chi connectivity index (χ0n) is 18.6. The summed E-state index contributed by atoms with van der Waals surface area (Å²) in [5.41, 5.74) is 0.267. The van der Waals surface area contributed by atoms with Gasteiger partial charge in [0.1, 0.15) is 6.10 Å². The predicted octanol–water partition coefficient (Wildman–Crippen LogP) is 1.39. The molecule has 4 aliphatic heterocycles. The van der Waals surface area contributed by atoms with Crippen LogP contribution in [0.25, 0.3) is 0 Å². The van der Waals surface area contributed by atoms with Crippen LogP contribution in [0.15, 0.2) is 4.99 Å². The molecule has 2 unspecified atom stereocenters. The fourth-order valence-corrected chi connectivity index (χ4v) is 5.57. The Kier molecular flexibility index (Phi) is 7.32. The van der Waals surface area contributed by atoms with Crippen molar-refractivity contribution < 1.29 is 9.47 Å². The highest BCUT2D eigenvalue weighted by Gasteiger charge is 2.40. The zero-order chi connectivity index (χ0) is 20.1. The smallest absolute Gasteiger partial charge is 0.193 e. The quantitative estimate of drug-likeness (QED) is 0.562. The summed E-state index contributed by atoms with van der Waals surface area (Å²) in [7, 11) is 4.17. The summed E-state index contributed by atoms with van der Waals surface area (Å²) in [5.74, 6) is 1.03. The summed E-state index contributed by atoms with van der Waals surface area (Å²) < 4.78 is 11.9. The third-order valence-corrected chi connectivity index (χ3v) is 7.50. The van der Waals surface area contributed by atoms with Crippen LogP contribution in [0.3, 0.4) is 0 Å². The maximum absolute atomic E-state index is 6.04. The second kappa shape index (κ2) is 9.94. The van der Waals surface area contributed by atoms with E-state index in [2.05, 4.69) is 32.1 Å². The molecule has 0 aliphatic carbocycles. The number of hydrogen-bond donors (Lipinski definition) is 1. The summed E-state index contributed by atoms with van der Waals surface area (Å²) in [6.45, 7) is 9.30. The van der Waals surface area contributed by atoms with Crippen LogP contribution in [0.1, 0.15) is 44.9 Å². The van der Waals surface area contributed by atoms with E-state index in [0.29, 0.717) is 0 Å². The van der Waals surface area contributed by atoms with E-state index in [0.717, 1.165) is 51.6 Å². The molecule has 7 nitrogen and oxygen atoms in total. The van der Waals surface area contributed by atoms with Crippen molar-refractivity contribution in [1.82, 2.24) is 20.0 Å². The Labute approximate surface area is 176 Å². The Balaban J connectivity index is 1.38. The molecular weight excluding hydrogens is 366 g/mol. The number of hydrogen-bond acceptors (Lipinski definition) is 5. The van der Waals surface area contributed by atoms with Crippen LogP contribution in [0.4, 0.5) is 0 Å². The van der Waals surface area contributed by atoms with Gasteiger partial charge in [-0.15, -0.1) is 0 Å². The van der Waals surface area contributed by atoms with Gasteiger partial charge < -0.3 is 24.6 Å². The molecule has 0 bridgehead atoms. The fraction of sp³-hybridized carbons (Fsp3) is 0.955. The maximum atomic E-state index is 6.04. The van der Waals surface area contributed by atoms with Crippen LogP contribution < -0.4 is 5.32 Å². The monoisotopic (exact) mass is 407 g/mol. The highest BCUT2D eigenvalue weighted by atomic mass is 16.5. The summed E-state index contributed by atoms with van der Waals surface area (Å²) >= 11 is 0. The second-order valence-electron chi connectivity index (χ2n) is 9.38. The third-order valence-electron chi connectivity index (χ3n) is 7.50. The van der Waals surface area contributed by atoms with Gasteiger partial charge in [-0.3, -0.25) is 9.89 Å². The summed E-state index contributed by atoms with van der Waals surface area (Å²) in [6.07, 6.45) is 9.27. The molecule has 0 aromatic rings. The van der Waals surface area contributed by atoms with Crippen LogP contribution in [-0.4, -0.2) is 112 Å². The lowest BCUT2D eigenvalue weighted by atomic mass is 9.84. The van der Waals surface area contributed by atoms with Crippen molar-refractivity contribution in [2.24, 2.45) is 4.99 Å². The van der Waals surface area contributed by atoms with Crippen molar-refractivity contribution in [1.29, 1.82) is 0 Å². The Morgan fingerprint density at radius 2 is 1.72 bits per heavy atom. The number of rotatable bonds is 4. The van der Waals surface area contributed by atoms with Crippen LogP contribution in [0.5, 0.6) is 0 Å². The van der Waals surface area contributed by atoms with E-state index in [1.54, 1.807) is 0 Å². The van der Waals surface area contributed by atoms with Gasteiger partial charge in [0.25, 0.3) is 0 Å². The van der Waals surface area contributed by atoms with Gasteiger partial charge in [-0.1, -0.05) is 6.42 Å². The largest absolute Gasteiger partial charge is 0.375 e. The number of guanidine groups is 1. The normalized spacial score (nSPS) is 32.5. The Bertz CT molecular complexity index is 537. The number of ether oxygens (including phenoxy) is 2. The lowest BCUT2D eigenvalue weighted by Crippen LogP contribution is -2.63. The van der Waals surface area contributed by atoms with E-state index < -0.39 is 0 Å². The molecule has 0 spiro atoms. The Morgan fingerprint density at radius 1 is 0.966 bits per heavy atom. The minimum atomic E-state index is 0.171. The molecule has 4 aliphatic rings. The van der Waals surface area contributed by atoms with Gasteiger partial charge in [0, 0.05) is 38.8 Å². The van der Waals surface area contributed by atoms with Crippen molar-refractivity contribution >= 4 is 5.96 Å². The molecule has 7 heteroatoms. The minimum absolute atomic E-state index is 0.171. The van der Waals surface area contributed by atoms with Crippen LogP contribution >= 0.6 is 0 Å². The number of likely N-dealkylation sites (tertiary alicyclic amines) is 2. The molecule has 0 radical (unpaired) electrons. The van der Waals surface area contributed by atoms with E-state index in [9.17, 15) is 0 Å². The Morgan fingerprint density at radius 3 is 2.41 bits per heavy atom. The van der Waals surface area contributed by atoms with E-state index in [-0.39, 0.29) is 17.7 Å². The Hall–Kier alpha value is -0.890. The highest BCUT2D eigenvalue weighted by molar-refractivity contribution is 5.80. The number of nitrogens with zero attached hydrogens (tertiary/aromatic N) is 4. The van der Waals surface area contributed by atoms with Crippen molar-refractivity contribution in [3.63, 3.8) is 0 Å². The lowest BCUT2D eigenvalue weighted by Gasteiger charge is -2.50. The second-order valence-corrected chi connectivity index (χ2v) is 9.38. The first-order chi connectivity index (χ1) is 14.2. The van der Waals surface area contributed by atoms with Gasteiger partial charge in [0.2, 0.25) is 0 Å². The van der Waals surface area contributed by atoms with Crippen molar-refractivity contribution in [2.75, 3.05) is 73.1 Å². The standard InChI is InChI=1S/C22H41N5O2/c1-23-21(26-14-16-29-20(17-26)19-7-6-15-28-19)24-18-22(8-12-25(2)13-9-22)27-10-4-3-5-11-27/h19-20H,3-18H2,1-2H3,(H,23,24). The molecule has 4 heterocycles. The highest BCUT2D eigenvalue weighted by Crippen LogP contribution is 2.31. The van der Waals surface area contributed by atoms with Crippen LogP contribution in [0.2, 0.25) is 0 Å². The summed E-state index contributed by atoms with van der Waals surface area (Å²) in [5, 5.41) is 3.79. The number of morpholine rings is 1. The summed E-state index contributed by atoms with van der Waals surface area (Å²) in [4.78, 5) is 12.3. The van der Waals surface area contributed by atoms with Crippen molar-refractivity contribution in [3.05, 3.63) is 0 Å². The van der Waals surface area contributed by atoms with E-state index in [1.807, 2.05) is 7.05 Å². The topological polar surface area (TPSA) is 52.6 Å². The molecule has 0 saturated carbocycles. The van der Waals surface area contributed by atoms with Crippen molar-refractivity contribution in [3.8, 4) is 0 Å². The van der Waals surface area contributed by atoms with Gasteiger partial charge in [-0.05, 0) is 71.8 Å². The molecular formula is C22H41N5O2. The first-order valence-electron chi connectivity index (χ1n) is 11.8. The molecule has 4 rings (SSSR count). The third kappa shape index (κ3) is 5.06. The van der Waals surface area contributed by atoms with Gasteiger partial charge in [-0.2, -0.15) is 0 Å². The number of nitrogens with one attached hydrogen (secondary N) is 1. The zero-order valence-corrected chi connectivity index (χ0v) is 18.6. The molecule has 4 fully saturated rings. The van der Waals surface area contributed by atoms with Gasteiger partial charge >= 0.3 is 0 Å². The summed E-state index contributed by atoms with van der Waals surface area (Å²) in [6, 6.07) is 0. The van der Waals surface area contributed by atoms with Crippen LogP contribution in [0, 0.1) is 0 Å². The molecule has 29 heavy (non-hydrogen) atoms. The van der Waals surface area contributed by atoms with E-state index in [1.165, 1.54) is 58.3 Å². The molecule has 166 valence electrons. The van der Waals surface area contributed by atoms with E-state index in [4.69, 9.17) is 9.47 Å². The van der Waals surface area contributed by atoms with Gasteiger partial charge in [-0.25, -0.2) is 0 Å². The van der Waals surface area contributed by atoms with Crippen molar-refractivity contribution in [2.45, 2.75) is 62.7 Å². The molecule has 4 saturated heterocycles.